The van der Waals surface area contributed by atoms with Crippen molar-refractivity contribution in [2.24, 2.45) is 17.4 Å². The maximum atomic E-state index is 11.1. The van der Waals surface area contributed by atoms with Gasteiger partial charge in [-0.2, -0.15) is 0 Å². The minimum absolute atomic E-state index is 0.0382. The summed E-state index contributed by atoms with van der Waals surface area (Å²) in [7, 11) is 0. The first-order valence-corrected chi connectivity index (χ1v) is 6.04. The number of hydrogen-bond donors (Lipinski definition) is 2. The lowest BCUT2D eigenvalue weighted by Gasteiger charge is -2.33. The van der Waals surface area contributed by atoms with Crippen LogP contribution < -0.4 is 16.4 Å². The molecular weight excluding hydrogens is 214 g/mol. The molecule has 0 spiro atoms. The first kappa shape index (κ1) is 11.9. The van der Waals surface area contributed by atoms with Crippen molar-refractivity contribution in [3.63, 3.8) is 0 Å². The molecule has 0 saturated carbocycles. The first-order chi connectivity index (χ1) is 8.22. The number of amides is 1. The van der Waals surface area contributed by atoms with Gasteiger partial charge in [-0.3, -0.25) is 4.79 Å². The number of para-hydroxylation sites is 1. The van der Waals surface area contributed by atoms with Crippen molar-refractivity contribution < 1.29 is 4.79 Å². The van der Waals surface area contributed by atoms with E-state index in [4.69, 9.17) is 11.5 Å². The SMILES string of the molecule is NCc1ccccc1N1CCC(C(N)=O)CC1. The van der Waals surface area contributed by atoms with Crippen molar-refractivity contribution in [2.75, 3.05) is 18.0 Å². The summed E-state index contributed by atoms with van der Waals surface area (Å²) in [5, 5.41) is 0. The predicted octanol–water partition coefficient (Wildman–Crippen LogP) is 0.847. The Kier molecular flexibility index (Phi) is 3.64. The lowest BCUT2D eigenvalue weighted by molar-refractivity contribution is -0.122. The van der Waals surface area contributed by atoms with Crippen LogP contribution in [0.4, 0.5) is 5.69 Å². The lowest BCUT2D eigenvalue weighted by Crippen LogP contribution is -2.39. The van der Waals surface area contributed by atoms with Crippen molar-refractivity contribution in [3.8, 4) is 0 Å². The Hall–Kier alpha value is -1.55. The highest BCUT2D eigenvalue weighted by Crippen LogP contribution is 2.25. The number of carbonyl (C=O) groups is 1. The Balaban J connectivity index is 2.07. The van der Waals surface area contributed by atoms with Crippen molar-refractivity contribution in [1.82, 2.24) is 0 Å². The average Bonchev–Trinajstić information content (AvgIpc) is 2.39. The second kappa shape index (κ2) is 5.19. The molecule has 0 bridgehead atoms. The van der Waals surface area contributed by atoms with E-state index in [0.717, 1.165) is 31.5 Å². The van der Waals surface area contributed by atoms with Crippen LogP contribution in [0.25, 0.3) is 0 Å². The Morgan fingerprint density at radius 2 is 1.94 bits per heavy atom. The summed E-state index contributed by atoms with van der Waals surface area (Å²) in [6.07, 6.45) is 1.68. The van der Waals surface area contributed by atoms with E-state index in [2.05, 4.69) is 17.0 Å². The Morgan fingerprint density at radius 3 is 2.53 bits per heavy atom. The fraction of sp³-hybridized carbons (Fsp3) is 0.462. The Morgan fingerprint density at radius 1 is 1.29 bits per heavy atom. The Labute approximate surface area is 102 Å². The predicted molar refractivity (Wildman–Crippen MR) is 68.5 cm³/mol. The Bertz CT molecular complexity index is 397. The molecule has 1 heterocycles. The van der Waals surface area contributed by atoms with Gasteiger partial charge >= 0.3 is 0 Å². The highest BCUT2D eigenvalue weighted by Gasteiger charge is 2.23. The summed E-state index contributed by atoms with van der Waals surface area (Å²) in [6.45, 7) is 2.31. The number of anilines is 1. The maximum Gasteiger partial charge on any atom is 0.220 e. The zero-order valence-electron chi connectivity index (χ0n) is 9.93. The monoisotopic (exact) mass is 233 g/mol. The minimum atomic E-state index is -0.170. The molecule has 1 amide bonds. The van der Waals surface area contributed by atoms with E-state index in [9.17, 15) is 4.79 Å². The molecule has 1 fully saturated rings. The molecule has 1 aliphatic rings. The summed E-state index contributed by atoms with van der Waals surface area (Å²) in [4.78, 5) is 13.4. The number of primary amides is 1. The molecule has 1 aromatic rings. The third-order valence-corrected chi connectivity index (χ3v) is 3.45. The maximum absolute atomic E-state index is 11.1. The van der Waals surface area contributed by atoms with Gasteiger partial charge in [-0.25, -0.2) is 0 Å². The van der Waals surface area contributed by atoms with Gasteiger partial charge in [0.15, 0.2) is 0 Å². The van der Waals surface area contributed by atoms with Crippen molar-refractivity contribution in [1.29, 1.82) is 0 Å². The normalized spacial score (nSPS) is 17.1. The molecule has 4 heteroatoms. The molecule has 0 unspecified atom stereocenters. The summed E-state index contributed by atoms with van der Waals surface area (Å²) < 4.78 is 0. The van der Waals surface area contributed by atoms with Crippen LogP contribution in [0.2, 0.25) is 0 Å². The fourth-order valence-corrected chi connectivity index (χ4v) is 2.40. The van der Waals surface area contributed by atoms with E-state index in [1.165, 1.54) is 5.69 Å². The summed E-state index contributed by atoms with van der Waals surface area (Å²) >= 11 is 0. The van der Waals surface area contributed by atoms with E-state index in [1.54, 1.807) is 0 Å². The number of carbonyl (C=O) groups excluding carboxylic acids is 1. The molecule has 0 aliphatic carbocycles. The summed E-state index contributed by atoms with van der Waals surface area (Å²) in [6, 6.07) is 8.17. The molecule has 1 aliphatic heterocycles. The van der Waals surface area contributed by atoms with Crippen LogP contribution in [0.15, 0.2) is 24.3 Å². The molecule has 17 heavy (non-hydrogen) atoms. The van der Waals surface area contributed by atoms with Gasteiger partial charge in [0.1, 0.15) is 0 Å². The largest absolute Gasteiger partial charge is 0.371 e. The third-order valence-electron chi connectivity index (χ3n) is 3.45. The number of nitrogens with two attached hydrogens (primary N) is 2. The molecule has 1 aromatic carbocycles. The van der Waals surface area contributed by atoms with Gasteiger partial charge in [0.25, 0.3) is 0 Å². The van der Waals surface area contributed by atoms with Gasteiger partial charge in [0.05, 0.1) is 0 Å². The van der Waals surface area contributed by atoms with Crippen molar-refractivity contribution >= 4 is 11.6 Å². The summed E-state index contributed by atoms with van der Waals surface area (Å²) in [5.41, 5.74) is 13.4. The second-order valence-electron chi connectivity index (χ2n) is 4.50. The van der Waals surface area contributed by atoms with Crippen LogP contribution >= 0.6 is 0 Å². The van der Waals surface area contributed by atoms with Crippen LogP contribution in [0, 0.1) is 5.92 Å². The van der Waals surface area contributed by atoms with E-state index in [1.807, 2.05) is 12.1 Å². The molecule has 92 valence electrons. The number of nitrogens with zero attached hydrogens (tertiary/aromatic N) is 1. The molecule has 2 rings (SSSR count). The first-order valence-electron chi connectivity index (χ1n) is 6.04. The highest BCUT2D eigenvalue weighted by atomic mass is 16.1. The molecule has 0 aromatic heterocycles. The second-order valence-corrected chi connectivity index (χ2v) is 4.50. The van der Waals surface area contributed by atoms with E-state index in [0.29, 0.717) is 6.54 Å². The molecule has 0 radical (unpaired) electrons. The smallest absolute Gasteiger partial charge is 0.220 e. The van der Waals surface area contributed by atoms with Gasteiger partial charge in [-0.05, 0) is 24.5 Å². The van der Waals surface area contributed by atoms with E-state index < -0.39 is 0 Å². The zero-order valence-corrected chi connectivity index (χ0v) is 9.93. The molecule has 1 saturated heterocycles. The molecular formula is C13H19N3O. The van der Waals surface area contributed by atoms with Crippen LogP contribution in [-0.2, 0) is 11.3 Å². The number of benzene rings is 1. The minimum Gasteiger partial charge on any atom is -0.371 e. The van der Waals surface area contributed by atoms with Crippen LogP contribution in [0.5, 0.6) is 0 Å². The van der Waals surface area contributed by atoms with Gasteiger partial charge in [0.2, 0.25) is 5.91 Å². The van der Waals surface area contributed by atoms with Crippen LogP contribution in [0.1, 0.15) is 18.4 Å². The highest BCUT2D eigenvalue weighted by molar-refractivity contribution is 5.77. The topological polar surface area (TPSA) is 72.3 Å². The zero-order chi connectivity index (χ0) is 12.3. The van der Waals surface area contributed by atoms with E-state index in [-0.39, 0.29) is 11.8 Å². The van der Waals surface area contributed by atoms with Crippen LogP contribution in [-0.4, -0.2) is 19.0 Å². The fourth-order valence-electron chi connectivity index (χ4n) is 2.40. The van der Waals surface area contributed by atoms with E-state index >= 15 is 0 Å². The van der Waals surface area contributed by atoms with Gasteiger partial charge in [-0.1, -0.05) is 18.2 Å². The average molecular weight is 233 g/mol. The van der Waals surface area contributed by atoms with Crippen molar-refractivity contribution in [3.05, 3.63) is 29.8 Å². The van der Waals surface area contributed by atoms with Gasteiger partial charge in [-0.15, -0.1) is 0 Å². The third kappa shape index (κ3) is 2.58. The number of piperidine rings is 1. The number of hydrogen-bond acceptors (Lipinski definition) is 3. The summed E-state index contributed by atoms with van der Waals surface area (Å²) in [5.74, 6) is -0.131. The standard InChI is InChI=1S/C13H19N3O/c14-9-11-3-1-2-4-12(11)16-7-5-10(6-8-16)13(15)17/h1-4,10H,5-9,14H2,(H2,15,17). The number of rotatable bonds is 3. The lowest BCUT2D eigenvalue weighted by atomic mass is 9.95. The molecule has 4 nitrogen and oxygen atoms in total. The van der Waals surface area contributed by atoms with Crippen LogP contribution in [0.3, 0.4) is 0 Å². The molecule has 4 N–H and O–H groups in total. The van der Waals surface area contributed by atoms with Gasteiger partial charge in [0, 0.05) is 31.2 Å². The van der Waals surface area contributed by atoms with Gasteiger partial charge < -0.3 is 16.4 Å². The quantitative estimate of drug-likeness (QED) is 0.813. The molecule has 0 atom stereocenters. The van der Waals surface area contributed by atoms with Crippen molar-refractivity contribution in [2.45, 2.75) is 19.4 Å².